The van der Waals surface area contributed by atoms with Crippen LogP contribution in [-0.2, 0) is 6.61 Å². The van der Waals surface area contributed by atoms with Crippen LogP contribution in [0.15, 0.2) is 47.4 Å². The van der Waals surface area contributed by atoms with E-state index < -0.39 is 11.5 Å². The van der Waals surface area contributed by atoms with Crippen molar-refractivity contribution in [1.82, 2.24) is 19.9 Å². The number of halogens is 1. The molecule has 4 heterocycles. The monoisotopic (exact) mass is 499 g/mol. The minimum atomic E-state index is -0.518. The normalized spacial score (nSPS) is 17.0. The van der Waals surface area contributed by atoms with Gasteiger partial charge in [-0.25, -0.2) is 9.18 Å². The number of hydrogen-bond donors (Lipinski definition) is 1. The molecular weight excluding hydrogens is 469 g/mol. The second kappa shape index (κ2) is 8.95. The maximum atomic E-state index is 16.9. The van der Waals surface area contributed by atoms with E-state index in [-0.39, 0.29) is 17.5 Å². The molecule has 7 nitrogen and oxygen atoms in total. The predicted molar refractivity (Wildman–Crippen MR) is 143 cm³/mol. The Morgan fingerprint density at radius 1 is 1.22 bits per heavy atom. The van der Waals surface area contributed by atoms with Gasteiger partial charge in [0.25, 0.3) is 0 Å². The van der Waals surface area contributed by atoms with Gasteiger partial charge in [-0.05, 0) is 48.6 Å². The number of hydrogen-bond acceptors (Lipinski definition) is 6. The second-order valence-corrected chi connectivity index (χ2v) is 10.2. The summed E-state index contributed by atoms with van der Waals surface area (Å²) < 4.78 is 24.4. The Hall–Kier alpha value is -3.78. The minimum absolute atomic E-state index is 0.0227. The number of piperazine rings is 1. The molecule has 0 bridgehead atoms. The van der Waals surface area contributed by atoms with Crippen molar-refractivity contribution in [2.24, 2.45) is 0 Å². The Labute approximate surface area is 214 Å². The molecule has 2 aliphatic rings. The number of nitrogens with zero attached hydrogens (tertiary/aromatic N) is 4. The molecule has 2 aromatic heterocycles. The van der Waals surface area contributed by atoms with E-state index in [1.54, 1.807) is 6.20 Å². The summed E-state index contributed by atoms with van der Waals surface area (Å²) in [6.07, 6.45) is 1.73. The first-order valence-corrected chi connectivity index (χ1v) is 12.8. The Balaban J connectivity index is 1.77. The molecule has 4 aromatic rings. The van der Waals surface area contributed by atoms with Crippen molar-refractivity contribution < 1.29 is 9.13 Å². The average Bonchev–Trinajstić information content (AvgIpc) is 2.89. The molecule has 1 atom stereocenters. The van der Waals surface area contributed by atoms with Crippen molar-refractivity contribution >= 4 is 16.7 Å². The highest BCUT2D eigenvalue weighted by atomic mass is 19.1. The molecule has 0 amide bonds. The lowest BCUT2D eigenvalue weighted by atomic mass is 9.94. The van der Waals surface area contributed by atoms with Crippen LogP contribution < -0.4 is 20.6 Å². The summed E-state index contributed by atoms with van der Waals surface area (Å²) in [5.41, 5.74) is 3.90. The minimum Gasteiger partial charge on any atom is -0.488 e. The molecule has 0 radical (unpaired) electrons. The van der Waals surface area contributed by atoms with E-state index in [1.165, 1.54) is 4.57 Å². The van der Waals surface area contributed by atoms with Crippen molar-refractivity contribution in [3.05, 3.63) is 75.7 Å². The van der Waals surface area contributed by atoms with Crippen LogP contribution in [0.25, 0.3) is 27.7 Å². The van der Waals surface area contributed by atoms with Crippen LogP contribution in [0.3, 0.4) is 0 Å². The first kappa shape index (κ1) is 23.6. The van der Waals surface area contributed by atoms with Crippen LogP contribution in [0, 0.1) is 12.7 Å². The Morgan fingerprint density at radius 2 is 2.03 bits per heavy atom. The first-order valence-electron chi connectivity index (χ1n) is 12.8. The smallest absolute Gasteiger partial charge is 0.354 e. The van der Waals surface area contributed by atoms with Crippen molar-refractivity contribution in [2.75, 3.05) is 24.5 Å². The highest BCUT2D eigenvalue weighted by molar-refractivity contribution is 5.97. The Morgan fingerprint density at radius 3 is 2.81 bits per heavy atom. The van der Waals surface area contributed by atoms with E-state index in [9.17, 15) is 4.79 Å². The van der Waals surface area contributed by atoms with Gasteiger partial charge in [-0.1, -0.05) is 38.1 Å². The van der Waals surface area contributed by atoms with Gasteiger partial charge in [-0.15, -0.1) is 0 Å². The summed E-state index contributed by atoms with van der Waals surface area (Å²) in [5, 5.41) is 3.93. The highest BCUT2D eigenvalue weighted by Crippen LogP contribution is 2.44. The second-order valence-electron chi connectivity index (χ2n) is 10.2. The summed E-state index contributed by atoms with van der Waals surface area (Å²) >= 11 is 0. The topological polar surface area (TPSA) is 72.3 Å². The zero-order valence-corrected chi connectivity index (χ0v) is 21.5. The molecule has 190 valence electrons. The lowest BCUT2D eigenvalue weighted by Crippen LogP contribution is -2.50. The fraction of sp³-hybridized carbons (Fsp3) is 0.345. The zero-order valence-electron chi connectivity index (χ0n) is 21.5. The molecule has 8 heteroatoms. The van der Waals surface area contributed by atoms with E-state index in [0.29, 0.717) is 41.4 Å². The number of pyridine rings is 1. The number of fused-ring (bicyclic) bond motifs is 4. The summed E-state index contributed by atoms with van der Waals surface area (Å²) in [5.74, 6) is 0.490. The largest absolute Gasteiger partial charge is 0.488 e. The van der Waals surface area contributed by atoms with Gasteiger partial charge in [-0.3, -0.25) is 9.55 Å². The molecule has 2 aliphatic heterocycles. The zero-order chi connectivity index (χ0) is 25.8. The van der Waals surface area contributed by atoms with E-state index in [1.807, 2.05) is 57.2 Å². The molecule has 0 aliphatic carbocycles. The van der Waals surface area contributed by atoms with E-state index in [4.69, 9.17) is 4.74 Å². The van der Waals surface area contributed by atoms with Gasteiger partial charge in [0.1, 0.15) is 18.2 Å². The van der Waals surface area contributed by atoms with Crippen LogP contribution in [0.4, 0.5) is 10.2 Å². The lowest BCUT2D eigenvalue weighted by molar-refractivity contribution is 0.301. The van der Waals surface area contributed by atoms with Crippen LogP contribution in [0.5, 0.6) is 5.75 Å². The van der Waals surface area contributed by atoms with Crippen molar-refractivity contribution in [3.8, 4) is 22.6 Å². The molecular formula is C29H30FN5O2. The van der Waals surface area contributed by atoms with Crippen LogP contribution >= 0.6 is 0 Å². The average molecular weight is 500 g/mol. The van der Waals surface area contributed by atoms with E-state index in [2.05, 4.69) is 27.1 Å². The van der Waals surface area contributed by atoms with E-state index in [0.717, 1.165) is 35.5 Å². The maximum Gasteiger partial charge on any atom is 0.354 e. The molecule has 0 saturated carbocycles. The van der Waals surface area contributed by atoms with Gasteiger partial charge in [0, 0.05) is 37.3 Å². The number of aryl methyl sites for hydroxylation is 1. The fourth-order valence-electron chi connectivity index (χ4n) is 5.58. The standard InChI is InChI=1S/C29H30FN5O2/c1-16(2)25-26(17(3)9-10-32-25)35-27-21(28(33-29(35)36)34-12-11-31-14-18(34)4)13-22-23(24(27)30)20-8-6-5-7-19(20)15-37-22/h5-10,13,16,18,31H,11-12,14-15H2,1-4H3/t18-/m0/s1. The maximum absolute atomic E-state index is 16.9. The fourth-order valence-corrected chi connectivity index (χ4v) is 5.58. The number of nitrogens with one attached hydrogen (secondary N) is 1. The summed E-state index contributed by atoms with van der Waals surface area (Å²) in [6.45, 7) is 10.6. The Kier molecular flexibility index (Phi) is 5.71. The molecule has 1 fully saturated rings. The number of aromatic nitrogens is 3. The molecule has 37 heavy (non-hydrogen) atoms. The third kappa shape index (κ3) is 3.70. The van der Waals surface area contributed by atoms with Gasteiger partial charge in [0.2, 0.25) is 0 Å². The SMILES string of the molecule is Cc1ccnc(C(C)C)c1-n1c(=O)nc(N2CCNC[C@@H]2C)c2cc3c(c(F)c21)-c1ccccc1CO3. The van der Waals surface area contributed by atoms with Crippen molar-refractivity contribution in [3.63, 3.8) is 0 Å². The van der Waals surface area contributed by atoms with Gasteiger partial charge >= 0.3 is 5.69 Å². The highest BCUT2D eigenvalue weighted by Gasteiger charge is 2.31. The van der Waals surface area contributed by atoms with Crippen LogP contribution in [0.2, 0.25) is 0 Å². The summed E-state index contributed by atoms with van der Waals surface area (Å²) in [6, 6.07) is 11.5. The van der Waals surface area contributed by atoms with Gasteiger partial charge in [0.15, 0.2) is 5.82 Å². The van der Waals surface area contributed by atoms with Gasteiger partial charge in [-0.2, -0.15) is 4.98 Å². The summed E-state index contributed by atoms with van der Waals surface area (Å²) in [7, 11) is 0. The quantitative estimate of drug-likeness (QED) is 0.440. The molecule has 1 N–H and O–H groups in total. The van der Waals surface area contributed by atoms with Crippen molar-refractivity contribution in [1.29, 1.82) is 0 Å². The first-order chi connectivity index (χ1) is 17.9. The van der Waals surface area contributed by atoms with Crippen LogP contribution in [0.1, 0.15) is 43.5 Å². The van der Waals surface area contributed by atoms with Crippen LogP contribution in [-0.4, -0.2) is 40.2 Å². The third-order valence-electron chi connectivity index (χ3n) is 7.43. The number of benzene rings is 2. The van der Waals surface area contributed by atoms with Gasteiger partial charge in [0.05, 0.1) is 22.5 Å². The molecule has 1 saturated heterocycles. The van der Waals surface area contributed by atoms with Gasteiger partial charge < -0.3 is 15.0 Å². The third-order valence-corrected chi connectivity index (χ3v) is 7.43. The lowest BCUT2D eigenvalue weighted by Gasteiger charge is -2.36. The van der Waals surface area contributed by atoms with E-state index >= 15 is 4.39 Å². The Bertz CT molecular complexity index is 1600. The number of rotatable bonds is 3. The molecule has 2 aromatic carbocycles. The number of anilines is 1. The summed E-state index contributed by atoms with van der Waals surface area (Å²) in [4.78, 5) is 25.1. The predicted octanol–water partition coefficient (Wildman–Crippen LogP) is 4.71. The molecule has 6 rings (SSSR count). The molecule has 0 spiro atoms. The molecule has 0 unspecified atom stereocenters. The number of ether oxygens (including phenoxy) is 1. The van der Waals surface area contributed by atoms with Crippen molar-refractivity contribution in [2.45, 2.75) is 46.3 Å².